The first-order valence-corrected chi connectivity index (χ1v) is 11.8. The maximum absolute atomic E-state index is 14.6. The van der Waals surface area contributed by atoms with E-state index in [0.29, 0.717) is 18.5 Å². The lowest BCUT2D eigenvalue weighted by Crippen LogP contribution is -2.51. The van der Waals surface area contributed by atoms with E-state index < -0.39 is 6.04 Å². The minimum absolute atomic E-state index is 0.0212. The van der Waals surface area contributed by atoms with E-state index >= 15 is 0 Å². The average Bonchev–Trinajstić information content (AvgIpc) is 2.83. The molecule has 2 amide bonds. The van der Waals surface area contributed by atoms with Crippen molar-refractivity contribution in [2.75, 3.05) is 6.54 Å². The van der Waals surface area contributed by atoms with E-state index in [2.05, 4.69) is 5.32 Å². The average molecular weight is 461 g/mol. The van der Waals surface area contributed by atoms with E-state index in [1.807, 2.05) is 69.3 Å². The predicted octanol–water partition coefficient (Wildman–Crippen LogP) is 5.15. The molecule has 34 heavy (non-hydrogen) atoms. The molecule has 0 spiro atoms. The van der Waals surface area contributed by atoms with Gasteiger partial charge in [0.2, 0.25) is 11.8 Å². The lowest BCUT2D eigenvalue weighted by atomic mass is 9.99. The van der Waals surface area contributed by atoms with Gasteiger partial charge in [-0.1, -0.05) is 79.2 Å². The second-order valence-corrected chi connectivity index (χ2v) is 8.72. The fraction of sp³-hybridized carbons (Fsp3) is 0.310. The van der Waals surface area contributed by atoms with Crippen molar-refractivity contribution < 1.29 is 14.0 Å². The summed E-state index contributed by atoms with van der Waals surface area (Å²) in [6.07, 6.45) is 1.28. The molecule has 0 aliphatic rings. The largest absolute Gasteiger partial charge is 0.354 e. The maximum atomic E-state index is 14.6. The molecule has 3 aromatic rings. The third-order valence-electron chi connectivity index (χ3n) is 5.97. The summed E-state index contributed by atoms with van der Waals surface area (Å²) >= 11 is 0. The van der Waals surface area contributed by atoms with Crippen molar-refractivity contribution in [2.24, 2.45) is 0 Å². The molecule has 4 nitrogen and oxygen atoms in total. The molecule has 3 rings (SSSR count). The molecule has 0 saturated heterocycles. The van der Waals surface area contributed by atoms with E-state index in [1.54, 1.807) is 18.2 Å². The van der Waals surface area contributed by atoms with Crippen LogP contribution in [0.1, 0.15) is 41.2 Å². The van der Waals surface area contributed by atoms with Gasteiger partial charge in [0.1, 0.15) is 11.9 Å². The number of aryl methyl sites for hydroxylation is 2. The highest BCUT2D eigenvalue weighted by atomic mass is 19.1. The second kappa shape index (κ2) is 12.1. The summed E-state index contributed by atoms with van der Waals surface area (Å²) in [6.45, 7) is 6.48. The molecular weight excluding hydrogens is 427 g/mol. The van der Waals surface area contributed by atoms with Gasteiger partial charge in [-0.25, -0.2) is 4.39 Å². The molecule has 0 aliphatic heterocycles. The van der Waals surface area contributed by atoms with Crippen LogP contribution < -0.4 is 5.32 Å². The van der Waals surface area contributed by atoms with Crippen molar-refractivity contribution >= 4 is 11.8 Å². The number of hydrogen-bond acceptors (Lipinski definition) is 2. The Hall–Kier alpha value is -3.47. The molecule has 5 heteroatoms. The van der Waals surface area contributed by atoms with Crippen molar-refractivity contribution in [3.8, 4) is 0 Å². The molecule has 1 N–H and O–H groups in total. The standard InChI is InChI=1S/C29H33FN2O2/c1-4-16-31-29(34)27(18-23-10-6-5-7-11-23)32(20-24-12-8-9-13-26(24)30)28(33)19-25-17-21(2)14-15-22(25)3/h5-15,17,27H,4,16,18-20H2,1-3H3,(H,31,34). The van der Waals surface area contributed by atoms with Gasteiger partial charge >= 0.3 is 0 Å². The summed E-state index contributed by atoms with van der Waals surface area (Å²) < 4.78 is 14.6. The van der Waals surface area contributed by atoms with Crippen LogP contribution in [0.25, 0.3) is 0 Å². The monoisotopic (exact) mass is 460 g/mol. The number of nitrogens with one attached hydrogen (secondary N) is 1. The van der Waals surface area contributed by atoms with Gasteiger partial charge in [0.25, 0.3) is 0 Å². The van der Waals surface area contributed by atoms with Crippen LogP contribution in [0.5, 0.6) is 0 Å². The van der Waals surface area contributed by atoms with Gasteiger partial charge in [-0.05, 0) is 43.0 Å². The van der Waals surface area contributed by atoms with Gasteiger partial charge in [0, 0.05) is 25.1 Å². The van der Waals surface area contributed by atoms with Crippen LogP contribution in [0.15, 0.2) is 72.8 Å². The maximum Gasteiger partial charge on any atom is 0.243 e. The van der Waals surface area contributed by atoms with E-state index in [9.17, 15) is 14.0 Å². The van der Waals surface area contributed by atoms with Crippen LogP contribution in [0.3, 0.4) is 0 Å². The molecule has 0 aromatic heterocycles. The number of benzene rings is 3. The molecule has 3 aromatic carbocycles. The third kappa shape index (κ3) is 6.77. The van der Waals surface area contributed by atoms with Crippen molar-refractivity contribution in [1.29, 1.82) is 0 Å². The fourth-order valence-corrected chi connectivity index (χ4v) is 3.99. The van der Waals surface area contributed by atoms with Crippen molar-refractivity contribution in [2.45, 2.75) is 52.6 Å². The van der Waals surface area contributed by atoms with Crippen LogP contribution in [-0.4, -0.2) is 29.3 Å². The van der Waals surface area contributed by atoms with Crippen LogP contribution in [-0.2, 0) is 29.0 Å². The van der Waals surface area contributed by atoms with Gasteiger partial charge < -0.3 is 10.2 Å². The molecule has 0 radical (unpaired) electrons. The van der Waals surface area contributed by atoms with Gasteiger partial charge in [0.05, 0.1) is 6.42 Å². The van der Waals surface area contributed by atoms with Crippen LogP contribution in [0, 0.1) is 19.7 Å². The van der Waals surface area contributed by atoms with E-state index in [1.165, 1.54) is 11.0 Å². The highest BCUT2D eigenvalue weighted by molar-refractivity contribution is 5.89. The first-order valence-electron chi connectivity index (χ1n) is 11.8. The Morgan fingerprint density at radius 2 is 1.65 bits per heavy atom. The lowest BCUT2D eigenvalue weighted by Gasteiger charge is -2.32. The van der Waals surface area contributed by atoms with Gasteiger partial charge in [-0.3, -0.25) is 9.59 Å². The van der Waals surface area contributed by atoms with Gasteiger partial charge in [0.15, 0.2) is 0 Å². The minimum Gasteiger partial charge on any atom is -0.354 e. The summed E-state index contributed by atoms with van der Waals surface area (Å²) in [5.74, 6) is -0.819. The molecule has 0 bridgehead atoms. The summed E-state index contributed by atoms with van der Waals surface area (Å²) in [5.41, 5.74) is 4.32. The number of carbonyl (C=O) groups is 2. The Labute approximate surface area is 201 Å². The minimum atomic E-state index is -0.758. The number of rotatable bonds is 10. The van der Waals surface area contributed by atoms with E-state index in [-0.39, 0.29) is 30.6 Å². The Bertz CT molecular complexity index is 1110. The predicted molar refractivity (Wildman–Crippen MR) is 134 cm³/mol. The van der Waals surface area contributed by atoms with E-state index in [4.69, 9.17) is 0 Å². The first kappa shape index (κ1) is 25.2. The molecular formula is C29H33FN2O2. The number of halogens is 1. The SMILES string of the molecule is CCCNC(=O)C(Cc1ccccc1)N(Cc1ccccc1F)C(=O)Cc1cc(C)ccc1C. The lowest BCUT2D eigenvalue weighted by molar-refractivity contribution is -0.140. The highest BCUT2D eigenvalue weighted by Crippen LogP contribution is 2.19. The summed E-state index contributed by atoms with van der Waals surface area (Å²) in [4.78, 5) is 28.6. The normalized spacial score (nSPS) is 11.6. The fourth-order valence-electron chi connectivity index (χ4n) is 3.99. The summed E-state index contributed by atoms with van der Waals surface area (Å²) in [5, 5.41) is 2.95. The molecule has 0 saturated carbocycles. The van der Waals surface area contributed by atoms with Crippen LogP contribution in [0.2, 0.25) is 0 Å². The Morgan fingerprint density at radius 1 is 0.941 bits per heavy atom. The Kier molecular flexibility index (Phi) is 8.97. The second-order valence-electron chi connectivity index (χ2n) is 8.72. The molecule has 0 fully saturated rings. The zero-order valence-corrected chi connectivity index (χ0v) is 20.2. The molecule has 178 valence electrons. The summed E-state index contributed by atoms with van der Waals surface area (Å²) in [6, 6.07) is 21.3. The van der Waals surface area contributed by atoms with Gasteiger partial charge in [-0.2, -0.15) is 0 Å². The summed E-state index contributed by atoms with van der Waals surface area (Å²) in [7, 11) is 0. The Balaban J connectivity index is 1.99. The number of hydrogen-bond donors (Lipinski definition) is 1. The topological polar surface area (TPSA) is 49.4 Å². The third-order valence-corrected chi connectivity index (χ3v) is 5.97. The van der Waals surface area contributed by atoms with Crippen LogP contribution in [0.4, 0.5) is 4.39 Å². The zero-order valence-electron chi connectivity index (χ0n) is 20.2. The van der Waals surface area contributed by atoms with Gasteiger partial charge in [-0.15, -0.1) is 0 Å². The molecule has 1 atom stereocenters. The van der Waals surface area contributed by atoms with Crippen LogP contribution >= 0.6 is 0 Å². The molecule has 1 unspecified atom stereocenters. The van der Waals surface area contributed by atoms with Crippen molar-refractivity contribution in [1.82, 2.24) is 10.2 Å². The highest BCUT2D eigenvalue weighted by Gasteiger charge is 2.31. The van der Waals surface area contributed by atoms with Crippen molar-refractivity contribution in [3.05, 3.63) is 106 Å². The van der Waals surface area contributed by atoms with E-state index in [0.717, 1.165) is 28.7 Å². The smallest absolute Gasteiger partial charge is 0.243 e. The molecule has 0 heterocycles. The number of nitrogens with zero attached hydrogens (tertiary/aromatic N) is 1. The first-order chi connectivity index (χ1) is 16.4. The van der Waals surface area contributed by atoms with Crippen molar-refractivity contribution in [3.63, 3.8) is 0 Å². The quantitative estimate of drug-likeness (QED) is 0.455. The zero-order chi connectivity index (χ0) is 24.5. The molecule has 0 aliphatic carbocycles. The number of carbonyl (C=O) groups excluding carboxylic acids is 2. The Morgan fingerprint density at radius 3 is 2.35 bits per heavy atom. The number of amides is 2.